The molecule has 0 aliphatic rings. The molecule has 4 nitrogen and oxygen atoms in total. The number of carbonyl (C=O) groups is 1. The zero-order valence-electron chi connectivity index (χ0n) is 12.5. The van der Waals surface area contributed by atoms with Gasteiger partial charge in [-0.3, -0.25) is 9.78 Å². The minimum Gasteiger partial charge on any atom is -0.374 e. The lowest BCUT2D eigenvalue weighted by molar-refractivity contribution is 0.102. The van der Waals surface area contributed by atoms with Gasteiger partial charge in [0.2, 0.25) is 0 Å². The molecule has 0 fully saturated rings. The van der Waals surface area contributed by atoms with Crippen molar-refractivity contribution in [3.63, 3.8) is 0 Å². The number of carbonyl (C=O) groups excluding carboxylic acids is 1. The maximum absolute atomic E-state index is 12.2. The average Bonchev–Trinajstić information content (AvgIpc) is 2.53. The van der Waals surface area contributed by atoms with Crippen molar-refractivity contribution in [1.29, 1.82) is 0 Å². The molecule has 0 bridgehead atoms. The van der Waals surface area contributed by atoms with Crippen LogP contribution in [0.4, 0.5) is 11.4 Å². The van der Waals surface area contributed by atoms with Gasteiger partial charge in [0, 0.05) is 31.2 Å². The molecule has 1 amide bonds. The summed E-state index contributed by atoms with van der Waals surface area (Å²) in [6.45, 7) is 3.14. The van der Waals surface area contributed by atoms with E-state index in [4.69, 9.17) is 0 Å². The second kappa shape index (κ2) is 7.43. The standard InChI is InChI=1S/C17H21N3O/c1-3-4-12-20(2)15-10-11-18-16(13-15)17(21)19-14-8-6-5-7-9-14/h5-11,13H,3-4,12H2,1-2H3,(H,19,21). The van der Waals surface area contributed by atoms with Crippen LogP contribution in [0.1, 0.15) is 30.3 Å². The van der Waals surface area contributed by atoms with Crippen molar-refractivity contribution in [2.75, 3.05) is 23.8 Å². The SMILES string of the molecule is CCCCN(C)c1ccnc(C(=O)Nc2ccccc2)c1. The maximum atomic E-state index is 12.2. The molecular weight excluding hydrogens is 262 g/mol. The Bertz CT molecular complexity index is 584. The van der Waals surface area contributed by atoms with Crippen LogP contribution in [-0.4, -0.2) is 24.5 Å². The lowest BCUT2D eigenvalue weighted by Gasteiger charge is -2.19. The van der Waals surface area contributed by atoms with Gasteiger partial charge in [-0.05, 0) is 30.7 Å². The quantitative estimate of drug-likeness (QED) is 0.881. The molecule has 1 N–H and O–H groups in total. The highest BCUT2D eigenvalue weighted by Crippen LogP contribution is 2.15. The largest absolute Gasteiger partial charge is 0.374 e. The lowest BCUT2D eigenvalue weighted by Crippen LogP contribution is -2.20. The van der Waals surface area contributed by atoms with E-state index in [1.165, 1.54) is 0 Å². The minimum absolute atomic E-state index is 0.188. The van der Waals surface area contributed by atoms with Crippen molar-refractivity contribution in [3.8, 4) is 0 Å². The van der Waals surface area contributed by atoms with Gasteiger partial charge >= 0.3 is 0 Å². The van der Waals surface area contributed by atoms with E-state index >= 15 is 0 Å². The van der Waals surface area contributed by atoms with Gasteiger partial charge in [0.1, 0.15) is 5.69 Å². The summed E-state index contributed by atoms with van der Waals surface area (Å²) in [5, 5.41) is 2.85. The Morgan fingerprint density at radius 1 is 1.24 bits per heavy atom. The zero-order valence-corrected chi connectivity index (χ0v) is 12.5. The van der Waals surface area contributed by atoms with Crippen LogP contribution in [0.5, 0.6) is 0 Å². The van der Waals surface area contributed by atoms with Gasteiger partial charge in [-0.25, -0.2) is 0 Å². The molecule has 0 saturated carbocycles. The number of nitrogens with zero attached hydrogens (tertiary/aromatic N) is 2. The third-order valence-electron chi connectivity index (χ3n) is 3.30. The van der Waals surface area contributed by atoms with Gasteiger partial charge < -0.3 is 10.2 Å². The maximum Gasteiger partial charge on any atom is 0.274 e. The highest BCUT2D eigenvalue weighted by Gasteiger charge is 2.09. The number of amides is 1. The van der Waals surface area contributed by atoms with Gasteiger partial charge in [0.15, 0.2) is 0 Å². The number of hydrogen-bond acceptors (Lipinski definition) is 3. The first-order valence-electron chi connectivity index (χ1n) is 7.24. The van der Waals surface area contributed by atoms with E-state index in [9.17, 15) is 4.79 Å². The molecule has 0 radical (unpaired) electrons. The number of unbranched alkanes of at least 4 members (excludes halogenated alkanes) is 1. The molecule has 0 aliphatic heterocycles. The Labute approximate surface area is 125 Å². The highest BCUT2D eigenvalue weighted by atomic mass is 16.1. The number of aromatic nitrogens is 1. The molecule has 1 aromatic heterocycles. The first-order chi connectivity index (χ1) is 10.2. The summed E-state index contributed by atoms with van der Waals surface area (Å²) in [5.41, 5.74) is 2.21. The van der Waals surface area contributed by atoms with Crippen molar-refractivity contribution in [1.82, 2.24) is 4.98 Å². The monoisotopic (exact) mass is 283 g/mol. The summed E-state index contributed by atoms with van der Waals surface area (Å²) in [4.78, 5) is 18.5. The van der Waals surface area contributed by atoms with Gasteiger partial charge in [0.25, 0.3) is 5.91 Å². The number of pyridine rings is 1. The number of para-hydroxylation sites is 1. The first kappa shape index (κ1) is 15.0. The average molecular weight is 283 g/mol. The summed E-state index contributed by atoms with van der Waals surface area (Å²) in [5.74, 6) is -0.188. The van der Waals surface area contributed by atoms with Crippen LogP contribution in [0.3, 0.4) is 0 Å². The molecule has 2 rings (SSSR count). The molecule has 1 heterocycles. The fourth-order valence-corrected chi connectivity index (χ4v) is 2.02. The third-order valence-corrected chi connectivity index (χ3v) is 3.30. The van der Waals surface area contributed by atoms with Crippen molar-refractivity contribution in [3.05, 3.63) is 54.4 Å². The Morgan fingerprint density at radius 3 is 2.71 bits per heavy atom. The zero-order chi connectivity index (χ0) is 15.1. The second-order valence-corrected chi connectivity index (χ2v) is 4.99. The predicted octanol–water partition coefficient (Wildman–Crippen LogP) is 3.57. The molecule has 0 saturated heterocycles. The number of nitrogens with one attached hydrogen (secondary N) is 1. The topological polar surface area (TPSA) is 45.2 Å². The lowest BCUT2D eigenvalue weighted by atomic mass is 10.2. The molecule has 0 unspecified atom stereocenters. The molecule has 1 aromatic carbocycles. The molecule has 21 heavy (non-hydrogen) atoms. The molecule has 4 heteroatoms. The van der Waals surface area contributed by atoms with Crippen LogP contribution in [0.2, 0.25) is 0 Å². The summed E-state index contributed by atoms with van der Waals surface area (Å²) in [6.07, 6.45) is 3.96. The molecule has 0 aliphatic carbocycles. The minimum atomic E-state index is -0.188. The molecule has 110 valence electrons. The smallest absolute Gasteiger partial charge is 0.274 e. The predicted molar refractivity (Wildman–Crippen MR) is 86.8 cm³/mol. The van der Waals surface area contributed by atoms with Crippen LogP contribution < -0.4 is 10.2 Å². The normalized spacial score (nSPS) is 10.2. The summed E-state index contributed by atoms with van der Waals surface area (Å²) < 4.78 is 0. The van der Waals surface area contributed by atoms with Gasteiger partial charge in [-0.1, -0.05) is 31.5 Å². The van der Waals surface area contributed by atoms with Crippen molar-refractivity contribution in [2.45, 2.75) is 19.8 Å². The summed E-state index contributed by atoms with van der Waals surface area (Å²) in [6, 6.07) is 13.2. The molecular formula is C17H21N3O. The summed E-state index contributed by atoms with van der Waals surface area (Å²) in [7, 11) is 2.03. The number of benzene rings is 1. The van der Waals surface area contributed by atoms with Crippen molar-refractivity contribution < 1.29 is 4.79 Å². The fraction of sp³-hybridized carbons (Fsp3) is 0.294. The number of hydrogen-bond donors (Lipinski definition) is 1. The molecule has 2 aromatic rings. The summed E-state index contributed by atoms with van der Waals surface area (Å²) >= 11 is 0. The van der Waals surface area contributed by atoms with Crippen LogP contribution in [-0.2, 0) is 0 Å². The third kappa shape index (κ3) is 4.31. The van der Waals surface area contributed by atoms with Gasteiger partial charge in [-0.15, -0.1) is 0 Å². The Kier molecular flexibility index (Phi) is 5.32. The second-order valence-electron chi connectivity index (χ2n) is 4.99. The van der Waals surface area contributed by atoms with E-state index in [-0.39, 0.29) is 5.91 Å². The van der Waals surface area contributed by atoms with E-state index in [0.717, 1.165) is 30.8 Å². The number of rotatable bonds is 6. The van der Waals surface area contributed by atoms with E-state index in [2.05, 4.69) is 22.1 Å². The van der Waals surface area contributed by atoms with Crippen molar-refractivity contribution >= 4 is 17.3 Å². The fourth-order valence-electron chi connectivity index (χ4n) is 2.02. The molecule has 0 spiro atoms. The van der Waals surface area contributed by atoms with E-state index in [0.29, 0.717) is 5.69 Å². The number of anilines is 2. The van der Waals surface area contributed by atoms with E-state index < -0.39 is 0 Å². The van der Waals surface area contributed by atoms with Crippen LogP contribution in [0, 0.1) is 0 Å². The van der Waals surface area contributed by atoms with Crippen LogP contribution in [0.25, 0.3) is 0 Å². The van der Waals surface area contributed by atoms with Gasteiger partial charge in [0.05, 0.1) is 0 Å². The molecule has 0 atom stereocenters. The van der Waals surface area contributed by atoms with Crippen molar-refractivity contribution in [2.24, 2.45) is 0 Å². The van der Waals surface area contributed by atoms with Crippen LogP contribution >= 0.6 is 0 Å². The Balaban J connectivity index is 2.08. The van der Waals surface area contributed by atoms with E-state index in [1.807, 2.05) is 49.5 Å². The first-order valence-corrected chi connectivity index (χ1v) is 7.24. The van der Waals surface area contributed by atoms with Crippen LogP contribution in [0.15, 0.2) is 48.7 Å². The highest BCUT2D eigenvalue weighted by molar-refractivity contribution is 6.03. The Hall–Kier alpha value is -2.36. The van der Waals surface area contributed by atoms with E-state index in [1.54, 1.807) is 6.20 Å². The van der Waals surface area contributed by atoms with Gasteiger partial charge in [-0.2, -0.15) is 0 Å². The Morgan fingerprint density at radius 2 is 2.00 bits per heavy atom.